The number of nitriles is 1. The maximum atomic E-state index is 12.5. The fourth-order valence-electron chi connectivity index (χ4n) is 2.66. The van der Waals surface area contributed by atoms with Crippen molar-refractivity contribution in [3.8, 4) is 6.07 Å². The van der Waals surface area contributed by atoms with Gasteiger partial charge in [0.1, 0.15) is 0 Å². The molecule has 5 nitrogen and oxygen atoms in total. The molecule has 1 N–H and O–H groups in total. The van der Waals surface area contributed by atoms with E-state index in [4.69, 9.17) is 0 Å². The summed E-state index contributed by atoms with van der Waals surface area (Å²) in [5.74, 6) is -0.594. The topological polar surface area (TPSA) is 69.7 Å². The lowest BCUT2D eigenvalue weighted by Crippen LogP contribution is -2.53. The third-order valence-electron chi connectivity index (χ3n) is 3.64. The van der Waals surface area contributed by atoms with Gasteiger partial charge in [-0.1, -0.05) is 6.07 Å². The third-order valence-corrected chi connectivity index (χ3v) is 3.99. The second-order valence-corrected chi connectivity index (χ2v) is 5.34. The Morgan fingerprint density at radius 3 is 2.55 bits per heavy atom. The summed E-state index contributed by atoms with van der Waals surface area (Å²) < 4.78 is 1.80. The summed E-state index contributed by atoms with van der Waals surface area (Å²) in [6, 6.07) is 10.8. The van der Waals surface area contributed by atoms with Crippen LogP contribution in [-0.2, 0) is 4.79 Å². The maximum Gasteiger partial charge on any atom is 0.294 e. The van der Waals surface area contributed by atoms with Gasteiger partial charge in [-0.05, 0) is 17.7 Å². The Morgan fingerprint density at radius 2 is 1.91 bits per heavy atom. The summed E-state index contributed by atoms with van der Waals surface area (Å²) in [5, 5.41) is 12.5. The number of thiol groups is 1. The Labute approximate surface area is 133 Å². The van der Waals surface area contributed by atoms with Crippen molar-refractivity contribution >= 4 is 18.5 Å². The molecule has 2 atom stereocenters. The number of aromatic nitrogens is 2. The lowest BCUT2D eigenvalue weighted by molar-refractivity contribution is -0.711. The van der Waals surface area contributed by atoms with E-state index in [-0.39, 0.29) is 5.91 Å². The minimum absolute atomic E-state index is 0.193. The van der Waals surface area contributed by atoms with E-state index in [2.05, 4.69) is 29.0 Å². The van der Waals surface area contributed by atoms with Crippen molar-refractivity contribution in [2.45, 2.75) is 12.0 Å². The average molecular weight is 309 g/mol. The van der Waals surface area contributed by atoms with Crippen molar-refractivity contribution in [3.05, 3.63) is 71.3 Å². The summed E-state index contributed by atoms with van der Waals surface area (Å²) in [4.78, 5) is 16.5. The molecule has 108 valence electrons. The van der Waals surface area contributed by atoms with Crippen LogP contribution in [0.3, 0.4) is 0 Å². The molecule has 0 saturated carbocycles. The number of hydrogen-bond donors (Lipinski definition) is 2. The number of nitrogens with zero attached hydrogens (tertiary/aromatic N) is 3. The molecule has 0 aromatic carbocycles. The molecule has 3 heterocycles. The molecule has 0 radical (unpaired) electrons. The second kappa shape index (κ2) is 6.00. The van der Waals surface area contributed by atoms with Crippen molar-refractivity contribution in [1.82, 2.24) is 10.3 Å². The highest BCUT2D eigenvalue weighted by atomic mass is 32.1. The van der Waals surface area contributed by atoms with Crippen molar-refractivity contribution in [2.75, 3.05) is 0 Å². The lowest BCUT2D eigenvalue weighted by atomic mass is 9.83. The number of nitrogens with one attached hydrogen (secondary N) is 1. The van der Waals surface area contributed by atoms with E-state index in [1.165, 1.54) is 0 Å². The predicted octanol–water partition coefficient (Wildman–Crippen LogP) is 1.49. The quantitative estimate of drug-likeness (QED) is 0.652. The molecule has 0 unspecified atom stereocenters. The molecule has 0 saturated heterocycles. The number of hydrogen-bond acceptors (Lipinski definition) is 4. The largest absolute Gasteiger partial charge is 0.314 e. The van der Waals surface area contributed by atoms with Gasteiger partial charge >= 0.3 is 0 Å². The Kier molecular flexibility index (Phi) is 3.90. The van der Waals surface area contributed by atoms with E-state index in [9.17, 15) is 10.1 Å². The van der Waals surface area contributed by atoms with Gasteiger partial charge in [0.25, 0.3) is 5.91 Å². The summed E-state index contributed by atoms with van der Waals surface area (Å²) in [5.41, 5.74) is 1.30. The average Bonchev–Trinajstić information content (AvgIpc) is 2.56. The first-order valence-electron chi connectivity index (χ1n) is 6.72. The van der Waals surface area contributed by atoms with Crippen LogP contribution in [0.25, 0.3) is 0 Å². The van der Waals surface area contributed by atoms with Gasteiger partial charge in [-0.25, -0.2) is 0 Å². The number of carbonyl (C=O) groups is 1. The van der Waals surface area contributed by atoms with Gasteiger partial charge in [0.2, 0.25) is 6.04 Å². The lowest BCUT2D eigenvalue weighted by Gasteiger charge is -2.27. The Bertz CT molecular complexity index is 768. The molecule has 0 fully saturated rings. The number of carbonyl (C=O) groups excluding carboxylic acids is 1. The van der Waals surface area contributed by atoms with E-state index in [0.717, 1.165) is 5.56 Å². The molecule has 0 aliphatic carbocycles. The molecule has 2 aromatic heterocycles. The Balaban J connectivity index is 2.19. The van der Waals surface area contributed by atoms with Gasteiger partial charge < -0.3 is 5.32 Å². The van der Waals surface area contributed by atoms with E-state index in [1.54, 1.807) is 17.0 Å². The minimum Gasteiger partial charge on any atom is -0.314 e. The second-order valence-electron chi connectivity index (χ2n) is 4.89. The van der Waals surface area contributed by atoms with E-state index in [1.807, 2.05) is 42.7 Å². The molecule has 2 aromatic rings. The minimum atomic E-state index is -0.547. The molecule has 22 heavy (non-hydrogen) atoms. The van der Waals surface area contributed by atoms with Gasteiger partial charge in [0, 0.05) is 24.5 Å². The van der Waals surface area contributed by atoms with Crippen molar-refractivity contribution in [1.29, 1.82) is 5.26 Å². The van der Waals surface area contributed by atoms with Gasteiger partial charge in [0.05, 0.1) is 22.6 Å². The molecular formula is C16H13N4OS+. The normalized spacial score (nSPS) is 21.2. The molecule has 1 aliphatic rings. The van der Waals surface area contributed by atoms with Crippen LogP contribution in [0.4, 0.5) is 0 Å². The molecule has 6 heteroatoms. The van der Waals surface area contributed by atoms with Crippen LogP contribution in [0.1, 0.15) is 17.5 Å². The van der Waals surface area contributed by atoms with E-state index >= 15 is 0 Å². The summed E-state index contributed by atoms with van der Waals surface area (Å²) >= 11 is 4.26. The highest BCUT2D eigenvalue weighted by Crippen LogP contribution is 2.37. The van der Waals surface area contributed by atoms with Crippen LogP contribution in [0, 0.1) is 11.3 Å². The van der Waals surface area contributed by atoms with Crippen molar-refractivity contribution in [2.24, 2.45) is 0 Å². The summed E-state index contributed by atoms with van der Waals surface area (Å²) in [7, 11) is 0. The smallest absolute Gasteiger partial charge is 0.294 e. The van der Waals surface area contributed by atoms with Crippen LogP contribution in [0.15, 0.2) is 65.7 Å². The van der Waals surface area contributed by atoms with Gasteiger partial charge in [-0.2, -0.15) is 9.83 Å². The van der Waals surface area contributed by atoms with Crippen LogP contribution >= 0.6 is 12.6 Å². The zero-order valence-corrected chi connectivity index (χ0v) is 12.4. The first-order valence-corrected chi connectivity index (χ1v) is 7.17. The van der Waals surface area contributed by atoms with Gasteiger partial charge in [-0.3, -0.25) is 9.78 Å². The van der Waals surface area contributed by atoms with Crippen LogP contribution in [0.5, 0.6) is 0 Å². The SMILES string of the molecule is N#CC1=C(S)NC(=O)[C@@H]([n+]2ccccc2)[C@H]1c1ccncc1. The standard InChI is InChI=1S/C16H12N4OS/c17-10-12-13(11-4-6-18-7-5-11)14(15(21)19-16(12)22)20-8-2-1-3-9-20/h1-9,13-14H,(H-,19,21,22)/p+1/t13-,14-/m0/s1. The van der Waals surface area contributed by atoms with Crippen LogP contribution in [-0.4, -0.2) is 10.9 Å². The molecule has 1 aliphatic heterocycles. The zero-order valence-electron chi connectivity index (χ0n) is 11.5. The highest BCUT2D eigenvalue weighted by molar-refractivity contribution is 7.84. The molecule has 1 amide bonds. The van der Waals surface area contributed by atoms with Gasteiger partial charge in [-0.15, -0.1) is 12.6 Å². The Hall–Kier alpha value is -2.65. The molecular weight excluding hydrogens is 296 g/mol. The monoisotopic (exact) mass is 309 g/mol. The zero-order chi connectivity index (χ0) is 15.5. The van der Waals surface area contributed by atoms with Crippen molar-refractivity contribution in [3.63, 3.8) is 0 Å². The number of amides is 1. The maximum absolute atomic E-state index is 12.5. The first-order chi connectivity index (χ1) is 10.7. The number of rotatable bonds is 2. The summed E-state index contributed by atoms with van der Waals surface area (Å²) in [6.07, 6.45) is 6.94. The fourth-order valence-corrected chi connectivity index (χ4v) is 2.96. The molecule has 3 rings (SSSR count). The van der Waals surface area contributed by atoms with E-state index < -0.39 is 12.0 Å². The van der Waals surface area contributed by atoms with Crippen molar-refractivity contribution < 1.29 is 9.36 Å². The van der Waals surface area contributed by atoms with Gasteiger partial charge in [0.15, 0.2) is 12.4 Å². The third kappa shape index (κ3) is 2.47. The van der Waals surface area contributed by atoms with Crippen LogP contribution in [0.2, 0.25) is 0 Å². The highest BCUT2D eigenvalue weighted by Gasteiger charge is 2.44. The number of allylic oxidation sites excluding steroid dienone is 1. The van der Waals surface area contributed by atoms with Crippen LogP contribution < -0.4 is 9.88 Å². The molecule has 0 bridgehead atoms. The predicted molar refractivity (Wildman–Crippen MR) is 82.4 cm³/mol. The molecule has 0 spiro atoms. The Morgan fingerprint density at radius 1 is 1.23 bits per heavy atom. The van der Waals surface area contributed by atoms with E-state index in [0.29, 0.717) is 10.6 Å². The number of pyridine rings is 2. The fraction of sp³-hybridized carbons (Fsp3) is 0.125. The first kappa shape index (κ1) is 14.3. The summed E-state index contributed by atoms with van der Waals surface area (Å²) in [6.45, 7) is 0.